The van der Waals surface area contributed by atoms with E-state index in [1.165, 1.54) is 11.1 Å². The van der Waals surface area contributed by atoms with Gasteiger partial charge in [0.1, 0.15) is 6.29 Å². The molecule has 1 aromatic carbocycles. The van der Waals surface area contributed by atoms with Crippen molar-refractivity contribution in [1.29, 1.82) is 0 Å². The summed E-state index contributed by atoms with van der Waals surface area (Å²) in [4.78, 5) is 10.3. The van der Waals surface area contributed by atoms with Crippen LogP contribution in [0, 0.1) is 0 Å². The second-order valence-electron chi connectivity index (χ2n) is 4.34. The van der Waals surface area contributed by atoms with Crippen LogP contribution in [0.4, 0.5) is 0 Å². The molecule has 1 N–H and O–H groups in total. The number of carbonyl (C=O) groups is 1. The summed E-state index contributed by atoms with van der Waals surface area (Å²) in [5.74, 6) is 0. The van der Waals surface area contributed by atoms with Gasteiger partial charge in [-0.25, -0.2) is 0 Å². The Bertz CT molecular complexity index is 353. The van der Waals surface area contributed by atoms with Gasteiger partial charge in [-0.3, -0.25) is 0 Å². The molecule has 0 saturated heterocycles. The van der Waals surface area contributed by atoms with E-state index in [2.05, 4.69) is 12.1 Å². The van der Waals surface area contributed by atoms with Gasteiger partial charge in [-0.05, 0) is 30.4 Å². The van der Waals surface area contributed by atoms with Gasteiger partial charge in [0.15, 0.2) is 0 Å². The van der Waals surface area contributed by atoms with Gasteiger partial charge in [0.25, 0.3) is 0 Å². The van der Waals surface area contributed by atoms with Crippen LogP contribution in [0.15, 0.2) is 24.3 Å². The Morgan fingerprint density at radius 1 is 1.40 bits per heavy atom. The van der Waals surface area contributed by atoms with E-state index in [0.717, 1.165) is 25.5 Å². The van der Waals surface area contributed by atoms with Crippen LogP contribution in [0.3, 0.4) is 0 Å². The van der Waals surface area contributed by atoms with E-state index < -0.39 is 0 Å². The average Bonchev–Trinajstić information content (AvgIpc) is 3.08. The fourth-order valence-electron chi connectivity index (χ4n) is 1.97. The summed E-state index contributed by atoms with van der Waals surface area (Å²) >= 11 is 0. The first-order valence-corrected chi connectivity index (χ1v) is 5.45. The quantitative estimate of drug-likeness (QED) is 0.743. The molecule has 2 rings (SSSR count). The van der Waals surface area contributed by atoms with Gasteiger partial charge in [0, 0.05) is 11.8 Å². The highest BCUT2D eigenvalue weighted by molar-refractivity contribution is 5.50. The van der Waals surface area contributed by atoms with Crippen LogP contribution in [0.1, 0.15) is 30.4 Å². The summed E-state index contributed by atoms with van der Waals surface area (Å²) < 4.78 is 0. The number of aryl methyl sites for hydroxylation is 1. The van der Waals surface area contributed by atoms with E-state index in [1.807, 2.05) is 12.1 Å². The summed E-state index contributed by atoms with van der Waals surface area (Å²) in [5.41, 5.74) is 2.46. The Labute approximate surface area is 89.9 Å². The second-order valence-corrected chi connectivity index (χ2v) is 4.34. The lowest BCUT2D eigenvalue weighted by Gasteiger charge is -2.13. The predicted molar refractivity (Wildman–Crippen MR) is 58.8 cm³/mol. The molecule has 0 unspecified atom stereocenters. The van der Waals surface area contributed by atoms with E-state index in [1.54, 1.807) is 0 Å². The zero-order valence-corrected chi connectivity index (χ0v) is 8.78. The highest BCUT2D eigenvalue weighted by Gasteiger charge is 2.43. The van der Waals surface area contributed by atoms with Gasteiger partial charge in [0.2, 0.25) is 0 Å². The molecule has 1 aliphatic carbocycles. The third kappa shape index (κ3) is 2.10. The molecule has 0 radical (unpaired) electrons. The molecule has 80 valence electrons. The molecular weight excluding hydrogens is 188 g/mol. The van der Waals surface area contributed by atoms with Crippen molar-refractivity contribution >= 4 is 6.29 Å². The van der Waals surface area contributed by atoms with Gasteiger partial charge in [-0.2, -0.15) is 0 Å². The van der Waals surface area contributed by atoms with Crippen molar-refractivity contribution in [1.82, 2.24) is 0 Å². The van der Waals surface area contributed by atoms with Crippen molar-refractivity contribution in [2.24, 2.45) is 0 Å². The molecule has 0 heterocycles. The first-order chi connectivity index (χ1) is 7.30. The van der Waals surface area contributed by atoms with Crippen LogP contribution in [-0.2, 0) is 16.6 Å². The van der Waals surface area contributed by atoms with Gasteiger partial charge in [-0.15, -0.1) is 0 Å². The van der Waals surface area contributed by atoms with Crippen molar-refractivity contribution in [2.75, 3.05) is 6.61 Å². The number of aliphatic hydroxyl groups is 1. The van der Waals surface area contributed by atoms with E-state index in [0.29, 0.717) is 6.42 Å². The fraction of sp³-hybridized carbons (Fsp3) is 0.462. The van der Waals surface area contributed by atoms with Gasteiger partial charge in [-0.1, -0.05) is 24.3 Å². The SMILES string of the molecule is O=CCCc1cccc(C2(CO)CC2)c1. The molecule has 1 aliphatic rings. The van der Waals surface area contributed by atoms with Crippen LogP contribution in [0.5, 0.6) is 0 Å². The van der Waals surface area contributed by atoms with E-state index in [-0.39, 0.29) is 12.0 Å². The normalized spacial score (nSPS) is 17.4. The maximum absolute atomic E-state index is 10.3. The monoisotopic (exact) mass is 204 g/mol. The zero-order chi connectivity index (χ0) is 10.7. The minimum absolute atomic E-state index is 0.0389. The molecule has 0 amide bonds. The number of benzene rings is 1. The summed E-state index contributed by atoms with van der Waals surface area (Å²) in [7, 11) is 0. The third-order valence-corrected chi connectivity index (χ3v) is 3.25. The number of aldehydes is 1. The molecule has 0 bridgehead atoms. The molecule has 1 aromatic rings. The minimum atomic E-state index is 0.0389. The largest absolute Gasteiger partial charge is 0.395 e. The lowest BCUT2D eigenvalue weighted by molar-refractivity contribution is -0.107. The van der Waals surface area contributed by atoms with E-state index >= 15 is 0 Å². The fourth-order valence-corrected chi connectivity index (χ4v) is 1.97. The molecule has 2 heteroatoms. The topological polar surface area (TPSA) is 37.3 Å². The second kappa shape index (κ2) is 4.15. The van der Waals surface area contributed by atoms with E-state index in [9.17, 15) is 9.90 Å². The van der Waals surface area contributed by atoms with Gasteiger partial charge < -0.3 is 9.90 Å². The highest BCUT2D eigenvalue weighted by atomic mass is 16.3. The lowest BCUT2D eigenvalue weighted by atomic mass is 9.94. The molecule has 0 spiro atoms. The molecule has 1 fully saturated rings. The number of rotatable bonds is 5. The van der Waals surface area contributed by atoms with Crippen molar-refractivity contribution < 1.29 is 9.90 Å². The first kappa shape index (κ1) is 10.4. The number of hydrogen-bond donors (Lipinski definition) is 1. The Morgan fingerprint density at radius 3 is 2.80 bits per heavy atom. The maximum Gasteiger partial charge on any atom is 0.120 e. The van der Waals surface area contributed by atoms with Crippen molar-refractivity contribution in [2.45, 2.75) is 31.1 Å². The van der Waals surface area contributed by atoms with Crippen molar-refractivity contribution in [3.63, 3.8) is 0 Å². The zero-order valence-electron chi connectivity index (χ0n) is 8.78. The molecule has 2 nitrogen and oxygen atoms in total. The molecule has 1 saturated carbocycles. The highest BCUT2D eigenvalue weighted by Crippen LogP contribution is 2.47. The van der Waals surface area contributed by atoms with Crippen LogP contribution in [0.2, 0.25) is 0 Å². The molecule has 0 aliphatic heterocycles. The van der Waals surface area contributed by atoms with Gasteiger partial charge >= 0.3 is 0 Å². The average molecular weight is 204 g/mol. The third-order valence-electron chi connectivity index (χ3n) is 3.25. The Morgan fingerprint density at radius 2 is 2.20 bits per heavy atom. The standard InChI is InChI=1S/C13H16O2/c14-8-2-4-11-3-1-5-12(9-11)13(10-15)6-7-13/h1,3,5,8-9,15H,2,4,6-7,10H2. The maximum atomic E-state index is 10.3. The molecule has 0 atom stereocenters. The van der Waals surface area contributed by atoms with E-state index in [4.69, 9.17) is 0 Å². The van der Waals surface area contributed by atoms with Gasteiger partial charge in [0.05, 0.1) is 6.61 Å². The summed E-state index contributed by atoms with van der Waals surface area (Å²) in [6, 6.07) is 8.27. The minimum Gasteiger partial charge on any atom is -0.395 e. The smallest absolute Gasteiger partial charge is 0.120 e. The van der Waals surface area contributed by atoms with Crippen molar-refractivity contribution in [3.8, 4) is 0 Å². The number of hydrogen-bond acceptors (Lipinski definition) is 2. The number of aliphatic hydroxyl groups excluding tert-OH is 1. The van der Waals surface area contributed by atoms with Crippen molar-refractivity contribution in [3.05, 3.63) is 35.4 Å². The summed E-state index contributed by atoms with van der Waals surface area (Å²) in [6.45, 7) is 0.240. The predicted octanol–water partition coefficient (Wildman–Crippen LogP) is 1.84. The molecule has 15 heavy (non-hydrogen) atoms. The van der Waals surface area contributed by atoms with Crippen LogP contribution >= 0.6 is 0 Å². The number of carbonyl (C=O) groups excluding carboxylic acids is 1. The Hall–Kier alpha value is -1.15. The lowest BCUT2D eigenvalue weighted by Crippen LogP contribution is -2.11. The summed E-state index contributed by atoms with van der Waals surface area (Å²) in [6.07, 6.45) is 4.50. The molecule has 0 aromatic heterocycles. The van der Waals surface area contributed by atoms with Crippen LogP contribution < -0.4 is 0 Å². The summed E-state index contributed by atoms with van der Waals surface area (Å²) in [5, 5.41) is 9.32. The van der Waals surface area contributed by atoms with Crippen LogP contribution in [0.25, 0.3) is 0 Å². The first-order valence-electron chi connectivity index (χ1n) is 5.45. The van der Waals surface area contributed by atoms with Crippen LogP contribution in [-0.4, -0.2) is 18.0 Å². The Kier molecular flexibility index (Phi) is 2.87. The Balaban J connectivity index is 2.15. The molecular formula is C13H16O2.